The SMILES string of the molecule is CC1(C)c2cc(S(=O)(=O)[O-])cc(P(c3ccccc3)c3ccccc3)c2Oc2c(P(c3ccccc3)c3ccccc3)cc(S(=O)(=O)[O-])cc21. The fourth-order valence-corrected chi connectivity index (χ4v) is 12.4. The highest BCUT2D eigenvalue weighted by Crippen LogP contribution is 2.53. The summed E-state index contributed by atoms with van der Waals surface area (Å²) < 4.78 is 83.5. The molecule has 1 aliphatic rings. The van der Waals surface area contributed by atoms with Crippen molar-refractivity contribution in [2.75, 3.05) is 0 Å². The molecule has 0 unspecified atom stereocenters. The molecule has 0 saturated heterocycles. The Kier molecular flexibility index (Phi) is 9.02. The Morgan fingerprint density at radius 3 is 1.02 bits per heavy atom. The van der Waals surface area contributed by atoms with E-state index >= 15 is 0 Å². The van der Waals surface area contributed by atoms with E-state index in [2.05, 4.69) is 0 Å². The second-order valence-electron chi connectivity index (χ2n) is 12.3. The van der Waals surface area contributed by atoms with Gasteiger partial charge in [0.2, 0.25) is 0 Å². The maximum atomic E-state index is 12.8. The lowest BCUT2D eigenvalue weighted by Gasteiger charge is -2.39. The van der Waals surface area contributed by atoms with Crippen molar-refractivity contribution in [2.24, 2.45) is 0 Å². The average Bonchev–Trinajstić information content (AvgIpc) is 3.10. The average molecular weight is 737 g/mol. The predicted molar refractivity (Wildman–Crippen MR) is 198 cm³/mol. The maximum Gasteiger partial charge on any atom is 0.139 e. The summed E-state index contributed by atoms with van der Waals surface area (Å²) in [5, 5.41) is 4.69. The summed E-state index contributed by atoms with van der Waals surface area (Å²) in [6.07, 6.45) is 0. The summed E-state index contributed by atoms with van der Waals surface area (Å²) in [6, 6.07) is 44.0. The zero-order valence-electron chi connectivity index (χ0n) is 26.9. The van der Waals surface area contributed by atoms with Crippen LogP contribution >= 0.6 is 15.8 Å². The van der Waals surface area contributed by atoms with Crippen LogP contribution in [0.3, 0.4) is 0 Å². The number of rotatable bonds is 8. The van der Waals surface area contributed by atoms with Gasteiger partial charge in [-0.25, -0.2) is 16.8 Å². The van der Waals surface area contributed by atoms with Gasteiger partial charge < -0.3 is 13.8 Å². The molecule has 0 amide bonds. The van der Waals surface area contributed by atoms with Crippen molar-refractivity contribution in [3.8, 4) is 11.5 Å². The number of benzene rings is 6. The molecule has 252 valence electrons. The summed E-state index contributed by atoms with van der Waals surface area (Å²) in [5.41, 5.74) is -0.325. The van der Waals surface area contributed by atoms with Gasteiger partial charge in [-0.2, -0.15) is 0 Å². The molecule has 0 bridgehead atoms. The third-order valence-corrected chi connectivity index (χ3v) is 15.3. The lowest BCUT2D eigenvalue weighted by Crippen LogP contribution is -2.34. The first-order chi connectivity index (χ1) is 23.8. The molecule has 0 spiro atoms. The third-order valence-electron chi connectivity index (χ3n) is 8.75. The molecule has 0 atom stereocenters. The van der Waals surface area contributed by atoms with Gasteiger partial charge >= 0.3 is 0 Å². The van der Waals surface area contributed by atoms with Gasteiger partial charge in [0.1, 0.15) is 31.7 Å². The molecular formula is C39H30O7P2S2-2. The van der Waals surface area contributed by atoms with Crippen LogP contribution in [0.15, 0.2) is 155 Å². The summed E-state index contributed by atoms with van der Waals surface area (Å²) in [5.74, 6) is 0.785. The first kappa shape index (κ1) is 34.3. The minimum atomic E-state index is -4.95. The van der Waals surface area contributed by atoms with Crippen LogP contribution in [0.4, 0.5) is 0 Å². The topological polar surface area (TPSA) is 124 Å². The monoisotopic (exact) mass is 736 g/mol. The zero-order valence-corrected chi connectivity index (χ0v) is 30.3. The molecule has 0 fully saturated rings. The first-order valence-corrected chi connectivity index (χ1v) is 21.1. The van der Waals surface area contributed by atoms with Crippen molar-refractivity contribution in [3.63, 3.8) is 0 Å². The van der Waals surface area contributed by atoms with E-state index in [0.717, 1.165) is 21.2 Å². The summed E-state index contributed by atoms with van der Waals surface area (Å²) >= 11 is 0. The Balaban J connectivity index is 1.58. The molecule has 6 aromatic rings. The van der Waals surface area contributed by atoms with Gasteiger partial charge in [-0.3, -0.25) is 0 Å². The molecule has 6 aromatic carbocycles. The van der Waals surface area contributed by atoms with Crippen LogP contribution in [0.1, 0.15) is 25.0 Å². The number of fused-ring (bicyclic) bond motifs is 2. The smallest absolute Gasteiger partial charge is 0.139 e. The fourth-order valence-electron chi connectivity index (χ4n) is 6.35. The molecule has 0 aromatic heterocycles. The van der Waals surface area contributed by atoms with Gasteiger partial charge in [-0.05, 0) is 61.3 Å². The van der Waals surface area contributed by atoms with Crippen molar-refractivity contribution >= 4 is 67.9 Å². The van der Waals surface area contributed by atoms with Crippen LogP contribution in [0.2, 0.25) is 0 Å². The highest BCUT2D eigenvalue weighted by molar-refractivity contribution is 7.86. The number of hydrogen-bond acceptors (Lipinski definition) is 7. The lowest BCUT2D eigenvalue weighted by molar-refractivity contribution is 0.421. The van der Waals surface area contributed by atoms with Gasteiger partial charge in [0.05, 0.1) is 9.79 Å². The van der Waals surface area contributed by atoms with Gasteiger partial charge in [0.25, 0.3) is 0 Å². The van der Waals surface area contributed by atoms with Crippen LogP contribution in [-0.4, -0.2) is 25.9 Å². The van der Waals surface area contributed by atoms with E-state index in [-0.39, 0.29) is 0 Å². The van der Waals surface area contributed by atoms with Crippen molar-refractivity contribution < 1.29 is 30.7 Å². The number of ether oxygens (including phenoxy) is 1. The largest absolute Gasteiger partial charge is 0.744 e. The Bertz CT molecular complexity index is 2170. The highest BCUT2D eigenvalue weighted by Gasteiger charge is 2.41. The molecule has 1 aliphatic heterocycles. The molecule has 1 heterocycles. The molecule has 0 radical (unpaired) electrons. The molecule has 0 N–H and O–H groups in total. The molecule has 7 rings (SSSR count). The lowest BCUT2D eigenvalue weighted by atomic mass is 9.76. The summed E-state index contributed by atoms with van der Waals surface area (Å²) in [6.45, 7) is 3.65. The van der Waals surface area contributed by atoms with Crippen LogP contribution in [0.25, 0.3) is 0 Å². The van der Waals surface area contributed by atoms with E-state index in [9.17, 15) is 25.9 Å². The fraction of sp³-hybridized carbons (Fsp3) is 0.0769. The van der Waals surface area contributed by atoms with Crippen LogP contribution in [0, 0.1) is 0 Å². The number of hydrogen-bond donors (Lipinski definition) is 0. The Morgan fingerprint density at radius 2 is 0.760 bits per heavy atom. The molecule has 7 nitrogen and oxygen atoms in total. The molecular weight excluding hydrogens is 707 g/mol. The normalized spacial score (nSPS) is 13.8. The zero-order chi connectivity index (χ0) is 35.3. The van der Waals surface area contributed by atoms with E-state index < -0.39 is 51.3 Å². The minimum Gasteiger partial charge on any atom is -0.744 e. The van der Waals surface area contributed by atoms with Crippen molar-refractivity contribution in [2.45, 2.75) is 29.1 Å². The van der Waals surface area contributed by atoms with E-state index in [1.807, 2.05) is 135 Å². The molecule has 50 heavy (non-hydrogen) atoms. The minimum absolute atomic E-state index is 0.392. The molecule has 0 aliphatic carbocycles. The second kappa shape index (κ2) is 13.2. The Morgan fingerprint density at radius 1 is 0.480 bits per heavy atom. The standard InChI is InChI=1S/C39H32O7P2S2/c1-39(2)33-23-31(49(40,41)42)25-35(47(27-15-7-3-8-16-27)28-17-9-4-10-18-28)37(33)46-38-34(39)24-32(50(43,44)45)26-36(38)48(29-19-11-5-12-20-29)30-21-13-6-14-22-30/h3-26H,1-2H3,(H,40,41,42)(H,43,44,45)/p-2. The van der Waals surface area contributed by atoms with Gasteiger partial charge in [0, 0.05) is 27.2 Å². The second-order valence-corrected chi connectivity index (χ2v) is 19.4. The predicted octanol–water partition coefficient (Wildman–Crippen LogP) is 5.44. The van der Waals surface area contributed by atoms with Crippen molar-refractivity contribution in [1.29, 1.82) is 0 Å². The van der Waals surface area contributed by atoms with Crippen molar-refractivity contribution in [3.05, 3.63) is 157 Å². The first-order valence-electron chi connectivity index (χ1n) is 15.6. The molecule has 11 heteroatoms. The van der Waals surface area contributed by atoms with E-state index in [4.69, 9.17) is 4.74 Å². The van der Waals surface area contributed by atoms with E-state index in [1.54, 1.807) is 0 Å². The van der Waals surface area contributed by atoms with Gasteiger partial charge in [0.15, 0.2) is 0 Å². The van der Waals surface area contributed by atoms with Crippen LogP contribution in [-0.2, 0) is 25.7 Å². The van der Waals surface area contributed by atoms with E-state index in [0.29, 0.717) is 33.2 Å². The quantitative estimate of drug-likeness (QED) is 0.151. The van der Waals surface area contributed by atoms with Crippen molar-refractivity contribution in [1.82, 2.24) is 0 Å². The summed E-state index contributed by atoms with van der Waals surface area (Å²) in [4.78, 5) is -0.844. The maximum absolute atomic E-state index is 12.8. The van der Waals surface area contributed by atoms with Crippen LogP contribution < -0.4 is 36.6 Å². The third kappa shape index (κ3) is 6.42. The summed E-state index contributed by atoms with van der Waals surface area (Å²) in [7, 11) is -12.8. The van der Waals surface area contributed by atoms with Gasteiger partial charge in [-0.1, -0.05) is 135 Å². The Hall–Kier alpha value is -4.20. The highest BCUT2D eigenvalue weighted by atomic mass is 32.2. The van der Waals surface area contributed by atoms with Gasteiger partial charge in [-0.15, -0.1) is 0 Å². The Labute approximate surface area is 294 Å². The molecule has 0 saturated carbocycles. The van der Waals surface area contributed by atoms with E-state index in [1.165, 1.54) is 24.3 Å². The van der Waals surface area contributed by atoms with Crippen LogP contribution in [0.5, 0.6) is 11.5 Å².